The number of nitrogens with zero attached hydrogens (tertiary/aromatic N) is 1. The average Bonchev–Trinajstić information content (AvgIpc) is 2.28. The Bertz CT molecular complexity index is 262. The van der Waals surface area contributed by atoms with E-state index >= 15 is 0 Å². The summed E-state index contributed by atoms with van der Waals surface area (Å²) in [6.07, 6.45) is 0. The molecule has 4 nitrogen and oxygen atoms in total. The Labute approximate surface area is 79.1 Å². The molecule has 0 aromatic carbocycles. The average molecular weight is 205 g/mol. The van der Waals surface area contributed by atoms with Crippen molar-refractivity contribution < 1.29 is 9.92 Å². The van der Waals surface area contributed by atoms with Crippen molar-refractivity contribution in [3.8, 4) is 0 Å². The summed E-state index contributed by atoms with van der Waals surface area (Å²) in [6, 6.07) is 0. The van der Waals surface area contributed by atoms with E-state index in [0.29, 0.717) is 0 Å². The second-order valence-electron chi connectivity index (χ2n) is 2.24. The Morgan fingerprint density at radius 1 is 1.83 bits per heavy atom. The Kier molecular flexibility index (Phi) is 3.05. The Morgan fingerprint density at radius 3 is 2.92 bits per heavy atom. The van der Waals surface area contributed by atoms with E-state index in [1.54, 1.807) is 11.8 Å². The van der Waals surface area contributed by atoms with E-state index in [-0.39, 0.29) is 6.61 Å². The molecule has 0 saturated heterocycles. The summed E-state index contributed by atoms with van der Waals surface area (Å²) in [6.45, 7) is 1.88. The lowest BCUT2D eigenvalue weighted by Crippen LogP contribution is -2.09. The highest BCUT2D eigenvalue weighted by molar-refractivity contribution is 8.05. The van der Waals surface area contributed by atoms with Crippen LogP contribution in [0.25, 0.3) is 0 Å². The molecule has 6 heteroatoms. The molecule has 0 aliphatic carbocycles. The van der Waals surface area contributed by atoms with Gasteiger partial charge in [-0.3, -0.25) is 0 Å². The third-order valence-corrected chi connectivity index (χ3v) is 3.18. The van der Waals surface area contributed by atoms with E-state index in [2.05, 4.69) is 4.84 Å². The Hall–Kier alpha value is -0.620. The zero-order chi connectivity index (χ0) is 9.14. The summed E-state index contributed by atoms with van der Waals surface area (Å²) >= 11 is 6.59. The molecule has 0 fully saturated rings. The SMILES string of the molecule is CC1=C(CO[N+](=O)[O-])C(=S)CS1. The van der Waals surface area contributed by atoms with Gasteiger partial charge in [-0.1, -0.05) is 12.2 Å². The van der Waals surface area contributed by atoms with Crippen LogP contribution in [0, 0.1) is 10.1 Å². The first-order valence-corrected chi connectivity index (χ1v) is 4.63. The molecular formula is C6H7NO3S2. The highest BCUT2D eigenvalue weighted by Gasteiger charge is 2.17. The monoisotopic (exact) mass is 205 g/mol. The van der Waals surface area contributed by atoms with Gasteiger partial charge in [0.2, 0.25) is 0 Å². The molecular weight excluding hydrogens is 198 g/mol. The summed E-state index contributed by atoms with van der Waals surface area (Å²) in [5.74, 6) is 0.748. The number of rotatable bonds is 3. The normalized spacial score (nSPS) is 16.9. The van der Waals surface area contributed by atoms with Crippen LogP contribution in [-0.4, -0.2) is 22.3 Å². The smallest absolute Gasteiger partial charge is 0.294 e. The van der Waals surface area contributed by atoms with E-state index < -0.39 is 5.09 Å². The fraction of sp³-hybridized carbons (Fsp3) is 0.500. The van der Waals surface area contributed by atoms with Gasteiger partial charge in [0, 0.05) is 16.2 Å². The third-order valence-electron chi connectivity index (χ3n) is 1.50. The van der Waals surface area contributed by atoms with E-state index in [1.807, 2.05) is 6.92 Å². The second kappa shape index (κ2) is 3.86. The van der Waals surface area contributed by atoms with Crippen LogP contribution in [0.5, 0.6) is 0 Å². The Morgan fingerprint density at radius 2 is 2.50 bits per heavy atom. The fourth-order valence-electron chi connectivity index (χ4n) is 0.844. The predicted molar refractivity (Wildman–Crippen MR) is 50.7 cm³/mol. The first-order valence-electron chi connectivity index (χ1n) is 3.24. The molecule has 0 atom stereocenters. The van der Waals surface area contributed by atoms with Gasteiger partial charge in [0.15, 0.2) is 0 Å². The van der Waals surface area contributed by atoms with Gasteiger partial charge in [-0.15, -0.1) is 21.9 Å². The lowest BCUT2D eigenvalue weighted by molar-refractivity contribution is -0.755. The van der Waals surface area contributed by atoms with Crippen molar-refractivity contribution in [2.75, 3.05) is 12.4 Å². The summed E-state index contributed by atoms with van der Waals surface area (Å²) in [4.78, 5) is 15.9. The standard InChI is InChI=1S/C6H7NO3S2/c1-4-5(2-10-7(8)9)6(11)3-12-4/h2-3H2,1H3. The number of thiocarbonyl (C=S) groups is 1. The van der Waals surface area contributed by atoms with Crippen molar-refractivity contribution in [2.24, 2.45) is 0 Å². The quantitative estimate of drug-likeness (QED) is 0.398. The molecule has 0 bridgehead atoms. The van der Waals surface area contributed by atoms with Gasteiger partial charge in [-0.25, -0.2) is 0 Å². The first-order chi connectivity index (χ1) is 5.61. The molecule has 66 valence electrons. The molecule has 0 amide bonds. The number of hydrogen-bond donors (Lipinski definition) is 0. The highest BCUT2D eigenvalue weighted by atomic mass is 32.2. The van der Waals surface area contributed by atoms with Crippen molar-refractivity contribution in [1.29, 1.82) is 0 Å². The summed E-state index contributed by atoms with van der Waals surface area (Å²) in [5.41, 5.74) is 0.798. The van der Waals surface area contributed by atoms with Gasteiger partial charge in [0.25, 0.3) is 5.09 Å². The van der Waals surface area contributed by atoms with Crippen LogP contribution in [0.15, 0.2) is 10.5 Å². The topological polar surface area (TPSA) is 52.4 Å². The fourth-order valence-corrected chi connectivity index (χ4v) is 2.18. The maximum absolute atomic E-state index is 9.88. The van der Waals surface area contributed by atoms with Crippen LogP contribution in [0.2, 0.25) is 0 Å². The van der Waals surface area contributed by atoms with Crippen LogP contribution in [0.1, 0.15) is 6.92 Å². The molecule has 12 heavy (non-hydrogen) atoms. The lowest BCUT2D eigenvalue weighted by Gasteiger charge is -2.00. The van der Waals surface area contributed by atoms with Gasteiger partial charge in [-0.2, -0.15) is 0 Å². The molecule has 0 aromatic heterocycles. The minimum absolute atomic E-state index is 0.00926. The van der Waals surface area contributed by atoms with Crippen LogP contribution >= 0.6 is 24.0 Å². The molecule has 1 rings (SSSR count). The molecule has 0 aromatic rings. The van der Waals surface area contributed by atoms with E-state index in [4.69, 9.17) is 12.2 Å². The van der Waals surface area contributed by atoms with Crippen molar-refractivity contribution in [3.63, 3.8) is 0 Å². The molecule has 1 aliphatic rings. The molecule has 0 N–H and O–H groups in total. The van der Waals surface area contributed by atoms with Gasteiger partial charge in [0.1, 0.15) is 6.61 Å². The second-order valence-corrected chi connectivity index (χ2v) is 3.93. The minimum atomic E-state index is -0.800. The number of hydrogen-bond acceptors (Lipinski definition) is 5. The summed E-state index contributed by atoms with van der Waals surface area (Å²) in [5, 5.41) is 9.08. The number of thioether (sulfide) groups is 1. The molecule has 1 aliphatic heterocycles. The first kappa shape index (κ1) is 9.47. The van der Waals surface area contributed by atoms with Gasteiger partial charge >= 0.3 is 0 Å². The zero-order valence-electron chi connectivity index (χ0n) is 6.40. The largest absolute Gasteiger partial charge is 0.309 e. The molecule has 0 radical (unpaired) electrons. The molecule has 0 unspecified atom stereocenters. The van der Waals surface area contributed by atoms with Crippen LogP contribution in [-0.2, 0) is 4.84 Å². The van der Waals surface area contributed by atoms with Crippen molar-refractivity contribution in [2.45, 2.75) is 6.92 Å². The van der Waals surface area contributed by atoms with Gasteiger partial charge < -0.3 is 4.84 Å². The van der Waals surface area contributed by atoms with E-state index in [0.717, 1.165) is 21.1 Å². The summed E-state index contributed by atoms with van der Waals surface area (Å²) < 4.78 is 0. The maximum Gasteiger partial charge on any atom is 0.294 e. The minimum Gasteiger partial charge on any atom is -0.309 e. The van der Waals surface area contributed by atoms with Crippen LogP contribution < -0.4 is 0 Å². The number of allylic oxidation sites excluding steroid dienone is 1. The molecule has 0 spiro atoms. The van der Waals surface area contributed by atoms with E-state index in [9.17, 15) is 10.1 Å². The van der Waals surface area contributed by atoms with Crippen molar-refractivity contribution in [3.05, 3.63) is 20.6 Å². The van der Waals surface area contributed by atoms with Crippen molar-refractivity contribution >= 4 is 28.8 Å². The third kappa shape index (κ3) is 2.18. The predicted octanol–water partition coefficient (Wildman–Crippen LogP) is 1.59. The molecule has 0 saturated carbocycles. The maximum atomic E-state index is 9.88. The lowest BCUT2D eigenvalue weighted by atomic mass is 10.2. The Balaban J connectivity index is 2.56. The van der Waals surface area contributed by atoms with Crippen LogP contribution in [0.4, 0.5) is 0 Å². The van der Waals surface area contributed by atoms with Crippen molar-refractivity contribution in [1.82, 2.24) is 0 Å². The van der Waals surface area contributed by atoms with Crippen LogP contribution in [0.3, 0.4) is 0 Å². The van der Waals surface area contributed by atoms with Gasteiger partial charge in [0.05, 0.1) is 0 Å². The highest BCUT2D eigenvalue weighted by Crippen LogP contribution is 2.29. The zero-order valence-corrected chi connectivity index (χ0v) is 8.04. The summed E-state index contributed by atoms with van der Waals surface area (Å²) in [7, 11) is 0. The van der Waals surface area contributed by atoms with E-state index in [1.165, 1.54) is 0 Å². The molecule has 1 heterocycles. The van der Waals surface area contributed by atoms with Gasteiger partial charge in [-0.05, 0) is 11.8 Å².